The molecule has 1 amide bonds. The monoisotopic (exact) mass is 830 g/mol. The number of piperidine rings is 1. The fraction of sp³-hybridized carbons (Fsp3) is 0.441. The largest absolute Gasteiger partial charge is 0.495 e. The predicted octanol–water partition coefficient (Wildman–Crippen LogP) is 5.46. The van der Waals surface area contributed by atoms with Gasteiger partial charge in [-0.2, -0.15) is 4.98 Å². The smallest absolute Gasteiger partial charge is 0.390 e. The fourth-order valence-corrected chi connectivity index (χ4v) is 7.87. The minimum Gasteiger partial charge on any atom is -0.495 e. The maximum atomic E-state index is 14.6. The fourth-order valence-electron chi connectivity index (χ4n) is 6.22. The Kier molecular flexibility index (Phi) is 11.5. The molecule has 1 aliphatic heterocycles. The number of fused-ring (bicyclic) bond motifs is 1. The first-order chi connectivity index (χ1) is 24.1. The van der Waals surface area contributed by atoms with Gasteiger partial charge >= 0.3 is 5.82 Å². The lowest BCUT2D eigenvalue weighted by atomic mass is 10.0. The Balaban J connectivity index is 1.41. The van der Waals surface area contributed by atoms with E-state index in [1.54, 1.807) is 65.8 Å². The number of imidazole rings is 1. The molecular formula is C34H42Br2N9O6+. The van der Waals surface area contributed by atoms with Gasteiger partial charge in [0, 0.05) is 61.5 Å². The second-order valence-electron chi connectivity index (χ2n) is 13.4. The molecule has 0 aliphatic carbocycles. The molecule has 0 atom stereocenters. The molecule has 0 radical (unpaired) electrons. The van der Waals surface area contributed by atoms with Crippen molar-refractivity contribution in [3.05, 3.63) is 71.9 Å². The van der Waals surface area contributed by atoms with Gasteiger partial charge in [-0.15, -0.1) is 0 Å². The third-order valence-electron chi connectivity index (χ3n) is 8.82. The first-order valence-corrected chi connectivity index (χ1v) is 18.0. The van der Waals surface area contributed by atoms with E-state index < -0.39 is 4.92 Å². The molecule has 0 spiro atoms. The van der Waals surface area contributed by atoms with Crippen LogP contribution in [-0.2, 0) is 18.4 Å². The lowest BCUT2D eigenvalue weighted by Gasteiger charge is -2.33. The number of methoxy groups -OCH3 is 2. The molecule has 15 nitrogen and oxygen atoms in total. The van der Waals surface area contributed by atoms with E-state index in [9.17, 15) is 19.7 Å². The summed E-state index contributed by atoms with van der Waals surface area (Å²) < 4.78 is 16.1. The first kappa shape index (κ1) is 37.9. The van der Waals surface area contributed by atoms with Crippen LogP contribution in [0.4, 0.5) is 11.8 Å². The van der Waals surface area contributed by atoms with E-state index in [1.807, 2.05) is 27.9 Å². The van der Waals surface area contributed by atoms with Crippen molar-refractivity contribution in [3.8, 4) is 22.6 Å². The number of nitrogens with zero attached hydrogens (tertiary/aromatic N) is 8. The van der Waals surface area contributed by atoms with E-state index in [-0.39, 0.29) is 29.4 Å². The number of halogens is 2. The molecule has 1 N–H and O–H groups in total. The summed E-state index contributed by atoms with van der Waals surface area (Å²) in [6.45, 7) is 5.70. The Hall–Kier alpha value is -4.35. The van der Waals surface area contributed by atoms with Gasteiger partial charge in [-0.3, -0.25) is 14.2 Å². The molecule has 0 bridgehead atoms. The van der Waals surface area contributed by atoms with E-state index in [0.29, 0.717) is 97.8 Å². The van der Waals surface area contributed by atoms with Crippen LogP contribution in [0.3, 0.4) is 0 Å². The van der Waals surface area contributed by atoms with Gasteiger partial charge in [0.15, 0.2) is 5.69 Å². The Labute approximate surface area is 312 Å². The summed E-state index contributed by atoms with van der Waals surface area (Å²) in [5.41, 5.74) is 1.76. The molecule has 1 fully saturated rings. The number of likely N-dealkylation sites (N-methyl/N-ethyl adjacent to an activating group) is 1. The zero-order valence-corrected chi connectivity index (χ0v) is 32.8. The highest BCUT2D eigenvalue weighted by Gasteiger charge is 2.30. The van der Waals surface area contributed by atoms with Crippen LogP contribution in [0.5, 0.6) is 11.5 Å². The zero-order chi connectivity index (χ0) is 37.2. The molecule has 3 aromatic heterocycles. The van der Waals surface area contributed by atoms with Crippen molar-refractivity contribution in [3.63, 3.8) is 0 Å². The number of amides is 1. The van der Waals surface area contributed by atoms with Crippen molar-refractivity contribution in [2.75, 3.05) is 53.3 Å². The number of hydrogen-bond acceptors (Lipinski definition) is 10. The molecule has 17 heteroatoms. The minimum absolute atomic E-state index is 0.0819. The average molecular weight is 833 g/mol. The number of aromatic nitrogens is 5. The Bertz CT molecular complexity index is 2020. The van der Waals surface area contributed by atoms with Crippen LogP contribution in [0.15, 0.2) is 50.5 Å². The predicted molar refractivity (Wildman–Crippen MR) is 201 cm³/mol. The van der Waals surface area contributed by atoms with Gasteiger partial charge in [0.25, 0.3) is 5.56 Å². The summed E-state index contributed by atoms with van der Waals surface area (Å²) in [4.78, 5) is 53.8. The number of benzene rings is 1. The number of nitrogens with one attached hydrogen (secondary N) is 1. The molecule has 272 valence electrons. The molecule has 51 heavy (non-hydrogen) atoms. The zero-order valence-electron chi connectivity index (χ0n) is 29.6. The van der Waals surface area contributed by atoms with Crippen molar-refractivity contribution in [2.45, 2.75) is 45.3 Å². The summed E-state index contributed by atoms with van der Waals surface area (Å²) in [6, 6.07) is 3.36. The van der Waals surface area contributed by atoms with Crippen molar-refractivity contribution in [1.82, 2.24) is 29.0 Å². The van der Waals surface area contributed by atoms with E-state index >= 15 is 0 Å². The molecule has 4 aromatic rings. The number of ether oxygens (including phenoxy) is 2. The SMILES string of the molecule is COc1cc(OC)c(Br)c(-c2cc3cnc(NC(C)C)nc3n(C3CCN(C(=O)/C=C/C[N+](C)(C)Cc4c([N+](=O)[O-])ncn4C)CC3)c2=O)c1Br. The third kappa shape index (κ3) is 8.10. The van der Waals surface area contributed by atoms with E-state index in [4.69, 9.17) is 14.5 Å². The Morgan fingerprint density at radius 3 is 2.37 bits per heavy atom. The van der Waals surface area contributed by atoms with Crippen LogP contribution >= 0.6 is 31.9 Å². The summed E-state index contributed by atoms with van der Waals surface area (Å²) >= 11 is 7.30. The van der Waals surface area contributed by atoms with Crippen LogP contribution in [0.25, 0.3) is 22.2 Å². The summed E-state index contributed by atoms with van der Waals surface area (Å²) in [5.74, 6) is 1.13. The quantitative estimate of drug-likeness (QED) is 0.0841. The maximum Gasteiger partial charge on any atom is 0.390 e. The van der Waals surface area contributed by atoms with Crippen LogP contribution in [0, 0.1) is 10.1 Å². The molecule has 1 aromatic carbocycles. The van der Waals surface area contributed by atoms with Crippen molar-refractivity contribution in [2.24, 2.45) is 7.05 Å². The molecule has 4 heterocycles. The number of carbonyl (C=O) groups is 1. The summed E-state index contributed by atoms with van der Waals surface area (Å²) in [7, 11) is 8.71. The number of likely N-dealkylation sites (tertiary alicyclic amines) is 1. The number of anilines is 1. The molecule has 1 saturated heterocycles. The second-order valence-corrected chi connectivity index (χ2v) is 15.0. The van der Waals surface area contributed by atoms with E-state index in [2.05, 4.69) is 47.1 Å². The number of hydrogen-bond donors (Lipinski definition) is 1. The molecule has 1 aliphatic rings. The van der Waals surface area contributed by atoms with Gasteiger partial charge in [-0.1, -0.05) is 0 Å². The standard InChI is InChI=1S/C34H41Br2N9O6/c1-20(2)39-34-37-17-21-15-23(28-29(35)25(50-6)16-26(51-7)30(28)36)33(47)43(31(21)40-34)22-10-12-42(13-11-22)27(46)9-8-14-45(4,5)18-24-32(44(48)49)38-19-41(24)3/h8-9,15-17,19-20,22H,10-14,18H2,1-7H3/p+1/b9-8+. The number of rotatable bonds is 12. The topological polar surface area (TPSA) is 160 Å². The molecular weight excluding hydrogens is 790 g/mol. The van der Waals surface area contributed by atoms with Gasteiger partial charge < -0.3 is 38.9 Å². The van der Waals surface area contributed by atoms with Gasteiger partial charge in [0.1, 0.15) is 23.7 Å². The number of nitro groups is 1. The van der Waals surface area contributed by atoms with Crippen LogP contribution in [-0.4, -0.2) is 98.3 Å². The van der Waals surface area contributed by atoms with Crippen molar-refractivity contribution in [1.29, 1.82) is 0 Å². The van der Waals surface area contributed by atoms with E-state index in [0.717, 1.165) is 0 Å². The van der Waals surface area contributed by atoms with Crippen LogP contribution in [0.2, 0.25) is 0 Å². The Morgan fingerprint density at radius 2 is 1.78 bits per heavy atom. The van der Waals surface area contributed by atoms with Crippen LogP contribution in [0.1, 0.15) is 38.4 Å². The van der Waals surface area contributed by atoms with Gasteiger partial charge in [-0.25, -0.2) is 4.98 Å². The van der Waals surface area contributed by atoms with Gasteiger partial charge in [-0.05, 0) is 80.6 Å². The first-order valence-electron chi connectivity index (χ1n) is 16.4. The molecule has 0 saturated carbocycles. The lowest BCUT2D eigenvalue weighted by molar-refractivity contribution is -0.898. The minimum atomic E-state index is -0.478. The second kappa shape index (κ2) is 15.5. The highest BCUT2D eigenvalue weighted by atomic mass is 79.9. The van der Waals surface area contributed by atoms with Gasteiger partial charge in [0.2, 0.25) is 18.2 Å². The van der Waals surface area contributed by atoms with E-state index in [1.165, 1.54) is 6.33 Å². The number of carbonyl (C=O) groups excluding carboxylic acids is 1. The molecule has 5 rings (SSSR count). The lowest BCUT2D eigenvalue weighted by Crippen LogP contribution is -2.41. The highest BCUT2D eigenvalue weighted by molar-refractivity contribution is 9.11. The molecule has 0 unspecified atom stereocenters. The van der Waals surface area contributed by atoms with Crippen LogP contribution < -0.4 is 20.3 Å². The number of pyridine rings is 1. The Morgan fingerprint density at radius 1 is 1.14 bits per heavy atom. The normalized spacial score (nSPS) is 14.1. The average Bonchev–Trinajstić information content (AvgIpc) is 3.44. The van der Waals surface area contributed by atoms with Crippen molar-refractivity contribution >= 4 is 60.6 Å². The number of quaternary nitrogens is 1. The summed E-state index contributed by atoms with van der Waals surface area (Å²) in [5, 5.41) is 15.3. The van der Waals surface area contributed by atoms with Crippen molar-refractivity contribution < 1.29 is 23.7 Å². The summed E-state index contributed by atoms with van der Waals surface area (Å²) in [6.07, 6.45) is 7.57. The maximum absolute atomic E-state index is 14.6. The highest BCUT2D eigenvalue weighted by Crippen LogP contribution is 2.46. The third-order valence-corrected chi connectivity index (χ3v) is 10.4. The number of aryl methyl sites for hydroxylation is 1. The van der Waals surface area contributed by atoms with Gasteiger partial charge in [0.05, 0.1) is 49.4 Å².